The number of ether oxygens (including phenoxy) is 2. The normalized spacial score (nSPS) is 10.4. The van der Waals surface area contributed by atoms with Crippen molar-refractivity contribution >= 4 is 5.69 Å². The largest absolute Gasteiger partial charge is 0.493 e. The van der Waals surface area contributed by atoms with Crippen LogP contribution in [0.5, 0.6) is 11.5 Å². The minimum Gasteiger partial charge on any atom is -0.493 e. The van der Waals surface area contributed by atoms with Crippen LogP contribution < -0.4 is 9.47 Å². The summed E-state index contributed by atoms with van der Waals surface area (Å²) in [4.78, 5) is 11.5. The second kappa shape index (κ2) is 7.27. The van der Waals surface area contributed by atoms with E-state index in [0.29, 0.717) is 11.3 Å². The molecule has 0 radical (unpaired) electrons. The molecule has 0 aliphatic rings. The summed E-state index contributed by atoms with van der Waals surface area (Å²) in [6.45, 7) is 1.98. The Morgan fingerprint density at radius 2 is 1.54 bits per heavy atom. The summed E-state index contributed by atoms with van der Waals surface area (Å²) in [6, 6.07) is 19.0. The molecule has 0 amide bonds. The van der Waals surface area contributed by atoms with E-state index in [4.69, 9.17) is 9.47 Å². The molecule has 3 aromatic rings. The SMILES string of the molecule is COc1cc(-c2ccccc2)c(-c2ccc(C)cc2)c([N+](=O)[O-])c1OC. The minimum absolute atomic E-state index is 0.102. The summed E-state index contributed by atoms with van der Waals surface area (Å²) in [6.07, 6.45) is 0. The molecule has 3 rings (SSSR count). The van der Waals surface area contributed by atoms with Gasteiger partial charge in [0.2, 0.25) is 5.75 Å². The topological polar surface area (TPSA) is 61.6 Å². The molecule has 26 heavy (non-hydrogen) atoms. The molecule has 0 aliphatic heterocycles. The average Bonchev–Trinajstić information content (AvgIpc) is 2.67. The fourth-order valence-electron chi connectivity index (χ4n) is 3.01. The van der Waals surface area contributed by atoms with Crippen molar-refractivity contribution in [3.05, 3.63) is 76.3 Å². The molecule has 132 valence electrons. The first-order valence-corrected chi connectivity index (χ1v) is 8.12. The molecule has 0 aromatic heterocycles. The number of nitro benzene ring substituents is 1. The van der Waals surface area contributed by atoms with Crippen LogP contribution >= 0.6 is 0 Å². The van der Waals surface area contributed by atoms with Gasteiger partial charge >= 0.3 is 5.69 Å². The first-order chi connectivity index (χ1) is 12.6. The quantitative estimate of drug-likeness (QED) is 0.466. The molecule has 0 atom stereocenters. The van der Waals surface area contributed by atoms with Crippen LogP contribution in [0, 0.1) is 17.0 Å². The number of nitrogens with zero attached hydrogens (tertiary/aromatic N) is 1. The lowest BCUT2D eigenvalue weighted by atomic mass is 9.91. The average molecular weight is 349 g/mol. The second-order valence-corrected chi connectivity index (χ2v) is 5.87. The van der Waals surface area contributed by atoms with E-state index in [9.17, 15) is 10.1 Å². The Bertz CT molecular complexity index is 934. The molecule has 0 spiro atoms. The second-order valence-electron chi connectivity index (χ2n) is 5.87. The summed E-state index contributed by atoms with van der Waals surface area (Å²) in [7, 11) is 2.88. The van der Waals surface area contributed by atoms with E-state index in [1.807, 2.05) is 61.5 Å². The van der Waals surface area contributed by atoms with Gasteiger partial charge in [-0.3, -0.25) is 10.1 Å². The Kier molecular flexibility index (Phi) is 4.89. The van der Waals surface area contributed by atoms with Gasteiger partial charge in [-0.25, -0.2) is 0 Å². The molecule has 0 fully saturated rings. The van der Waals surface area contributed by atoms with Gasteiger partial charge in [-0.2, -0.15) is 0 Å². The molecular weight excluding hydrogens is 330 g/mol. The Labute approximate surface area is 152 Å². The van der Waals surface area contributed by atoms with Crippen molar-refractivity contribution in [3.63, 3.8) is 0 Å². The number of hydrogen-bond donors (Lipinski definition) is 0. The monoisotopic (exact) mass is 349 g/mol. The Morgan fingerprint density at radius 3 is 2.08 bits per heavy atom. The maximum absolute atomic E-state index is 12.0. The van der Waals surface area contributed by atoms with E-state index in [1.54, 1.807) is 6.07 Å². The van der Waals surface area contributed by atoms with E-state index in [1.165, 1.54) is 14.2 Å². The van der Waals surface area contributed by atoms with Gasteiger partial charge in [0.15, 0.2) is 5.75 Å². The molecule has 0 heterocycles. The smallest absolute Gasteiger partial charge is 0.323 e. The zero-order valence-corrected chi connectivity index (χ0v) is 14.9. The molecule has 5 heteroatoms. The van der Waals surface area contributed by atoms with Gasteiger partial charge < -0.3 is 9.47 Å². The van der Waals surface area contributed by atoms with Gasteiger partial charge in [0.05, 0.1) is 24.7 Å². The summed E-state index contributed by atoms with van der Waals surface area (Å²) < 4.78 is 10.7. The van der Waals surface area contributed by atoms with Crippen LogP contribution in [0.4, 0.5) is 5.69 Å². The fraction of sp³-hybridized carbons (Fsp3) is 0.143. The summed E-state index contributed by atoms with van der Waals surface area (Å²) in [5.41, 5.74) is 3.83. The third-order valence-electron chi connectivity index (χ3n) is 4.25. The molecule has 0 bridgehead atoms. The van der Waals surface area contributed by atoms with Gasteiger partial charge in [-0.05, 0) is 24.1 Å². The van der Waals surface area contributed by atoms with E-state index < -0.39 is 4.92 Å². The maximum atomic E-state index is 12.0. The molecule has 0 unspecified atom stereocenters. The summed E-state index contributed by atoms with van der Waals surface area (Å²) in [5, 5.41) is 12.0. The van der Waals surface area contributed by atoms with E-state index in [0.717, 1.165) is 22.3 Å². The highest BCUT2D eigenvalue weighted by molar-refractivity contribution is 5.93. The number of hydrogen-bond acceptors (Lipinski definition) is 4. The third kappa shape index (κ3) is 3.11. The Morgan fingerprint density at radius 1 is 0.885 bits per heavy atom. The fourth-order valence-corrected chi connectivity index (χ4v) is 3.01. The van der Waals surface area contributed by atoms with Crippen LogP contribution in [-0.4, -0.2) is 19.1 Å². The highest BCUT2D eigenvalue weighted by atomic mass is 16.6. The van der Waals surface area contributed by atoms with E-state index in [2.05, 4.69) is 0 Å². The zero-order chi connectivity index (χ0) is 18.7. The van der Waals surface area contributed by atoms with Crippen molar-refractivity contribution in [3.8, 4) is 33.8 Å². The molecule has 0 saturated heterocycles. The third-order valence-corrected chi connectivity index (χ3v) is 4.25. The van der Waals surface area contributed by atoms with Gasteiger partial charge in [0.25, 0.3) is 0 Å². The molecule has 3 aromatic carbocycles. The number of nitro groups is 1. The van der Waals surface area contributed by atoms with Crippen molar-refractivity contribution in [2.75, 3.05) is 14.2 Å². The van der Waals surface area contributed by atoms with Gasteiger partial charge in [-0.15, -0.1) is 0 Å². The number of rotatable bonds is 5. The molecule has 0 aliphatic carbocycles. The highest BCUT2D eigenvalue weighted by Gasteiger charge is 2.30. The molecular formula is C21H19NO4. The van der Waals surface area contributed by atoms with Crippen molar-refractivity contribution in [1.82, 2.24) is 0 Å². The first kappa shape index (κ1) is 17.5. The van der Waals surface area contributed by atoms with Crippen molar-refractivity contribution in [2.45, 2.75) is 6.92 Å². The molecule has 5 nitrogen and oxygen atoms in total. The number of methoxy groups -OCH3 is 2. The Hall–Kier alpha value is -3.34. The maximum Gasteiger partial charge on any atom is 0.323 e. The van der Waals surface area contributed by atoms with Crippen LogP contribution in [0.3, 0.4) is 0 Å². The zero-order valence-electron chi connectivity index (χ0n) is 14.9. The molecule has 0 N–H and O–H groups in total. The van der Waals surface area contributed by atoms with Crippen LogP contribution in [-0.2, 0) is 0 Å². The first-order valence-electron chi connectivity index (χ1n) is 8.12. The predicted octanol–water partition coefficient (Wildman–Crippen LogP) is 5.25. The van der Waals surface area contributed by atoms with Crippen molar-refractivity contribution in [1.29, 1.82) is 0 Å². The van der Waals surface area contributed by atoms with Gasteiger partial charge in [0, 0.05) is 5.56 Å². The predicted molar refractivity (Wildman–Crippen MR) is 102 cm³/mol. The van der Waals surface area contributed by atoms with Crippen molar-refractivity contribution in [2.24, 2.45) is 0 Å². The summed E-state index contributed by atoms with van der Waals surface area (Å²) in [5.74, 6) is 0.446. The highest BCUT2D eigenvalue weighted by Crippen LogP contribution is 2.49. The number of benzene rings is 3. The van der Waals surface area contributed by atoms with Crippen molar-refractivity contribution < 1.29 is 14.4 Å². The number of aryl methyl sites for hydroxylation is 1. The van der Waals surface area contributed by atoms with Crippen LogP contribution in [0.25, 0.3) is 22.3 Å². The van der Waals surface area contributed by atoms with Crippen LogP contribution in [0.15, 0.2) is 60.7 Å². The van der Waals surface area contributed by atoms with E-state index in [-0.39, 0.29) is 11.4 Å². The standard InChI is InChI=1S/C21H19NO4/c1-14-9-11-16(12-10-14)19-17(15-7-5-4-6-8-15)13-18(25-2)21(26-3)20(19)22(23)24/h4-13H,1-3H3. The summed E-state index contributed by atoms with van der Waals surface area (Å²) >= 11 is 0. The lowest BCUT2D eigenvalue weighted by Crippen LogP contribution is -2.01. The Balaban J connectivity index is 2.44. The minimum atomic E-state index is -0.414. The van der Waals surface area contributed by atoms with Crippen LogP contribution in [0.1, 0.15) is 5.56 Å². The van der Waals surface area contributed by atoms with Gasteiger partial charge in [0.1, 0.15) is 0 Å². The van der Waals surface area contributed by atoms with E-state index >= 15 is 0 Å². The lowest BCUT2D eigenvalue weighted by Gasteiger charge is -2.16. The van der Waals surface area contributed by atoms with Crippen LogP contribution in [0.2, 0.25) is 0 Å². The molecule has 0 saturated carbocycles. The van der Waals surface area contributed by atoms with Gasteiger partial charge in [-0.1, -0.05) is 60.2 Å². The lowest BCUT2D eigenvalue weighted by molar-refractivity contribution is -0.385.